The first kappa shape index (κ1) is 23.1. The minimum atomic E-state index is -0.490. The van der Waals surface area contributed by atoms with Crippen molar-refractivity contribution in [1.82, 2.24) is 5.43 Å². The number of amides is 2. The summed E-state index contributed by atoms with van der Waals surface area (Å²) < 4.78 is 24.5. The van der Waals surface area contributed by atoms with Crippen molar-refractivity contribution in [3.63, 3.8) is 0 Å². The van der Waals surface area contributed by atoms with Crippen LogP contribution < -0.4 is 25.2 Å². The molecule has 0 unspecified atom stereocenters. The van der Waals surface area contributed by atoms with Gasteiger partial charge >= 0.3 is 0 Å². The van der Waals surface area contributed by atoms with Crippen molar-refractivity contribution in [3.8, 4) is 11.5 Å². The largest absolute Gasteiger partial charge is 0.493 e. The van der Waals surface area contributed by atoms with Gasteiger partial charge < -0.3 is 14.4 Å². The van der Waals surface area contributed by atoms with E-state index in [-0.39, 0.29) is 30.7 Å². The number of hydrazine groups is 1. The number of aryl methyl sites for hydroxylation is 1. The molecule has 2 N–H and O–H groups in total. The normalized spacial score (nSPS) is 15.2. The first-order chi connectivity index (χ1) is 16.4. The average Bonchev–Trinajstić information content (AvgIpc) is 3.24. The van der Waals surface area contributed by atoms with Gasteiger partial charge in [-0.3, -0.25) is 20.4 Å². The van der Waals surface area contributed by atoms with Crippen molar-refractivity contribution in [3.05, 3.63) is 83.7 Å². The van der Waals surface area contributed by atoms with Crippen LogP contribution in [0, 0.1) is 18.7 Å². The van der Waals surface area contributed by atoms with Crippen LogP contribution in [0.3, 0.4) is 0 Å². The fraction of sp³-hybridized carbons (Fsp3) is 0.231. The first-order valence-electron chi connectivity index (χ1n) is 10.9. The lowest BCUT2D eigenvalue weighted by atomic mass is 10.1. The summed E-state index contributed by atoms with van der Waals surface area (Å²) in [7, 11) is 1.52. The number of anilines is 2. The maximum atomic E-state index is 13.2. The molecule has 176 valence electrons. The number of methoxy groups -OCH3 is 1. The second-order valence-electron chi connectivity index (χ2n) is 8.11. The second kappa shape index (κ2) is 10.2. The van der Waals surface area contributed by atoms with E-state index in [0.29, 0.717) is 23.7 Å². The monoisotopic (exact) mass is 463 g/mol. The summed E-state index contributed by atoms with van der Waals surface area (Å²) in [5, 5.41) is 0. The Labute approximate surface area is 197 Å². The molecule has 0 bridgehead atoms. The van der Waals surface area contributed by atoms with Crippen molar-refractivity contribution in [2.45, 2.75) is 20.0 Å². The highest BCUT2D eigenvalue weighted by Crippen LogP contribution is 2.35. The number of nitrogens with zero attached hydrogens (tertiary/aromatic N) is 1. The smallest absolute Gasteiger partial charge is 0.243 e. The second-order valence-corrected chi connectivity index (χ2v) is 8.11. The lowest BCUT2D eigenvalue weighted by Crippen LogP contribution is -2.36. The number of halogens is 1. The quantitative estimate of drug-likeness (QED) is 0.489. The predicted molar refractivity (Wildman–Crippen MR) is 127 cm³/mol. The third-order valence-electron chi connectivity index (χ3n) is 5.66. The van der Waals surface area contributed by atoms with Gasteiger partial charge in [0.2, 0.25) is 11.8 Å². The maximum absolute atomic E-state index is 13.2. The Morgan fingerprint density at radius 3 is 2.53 bits per heavy atom. The molecule has 0 saturated carbocycles. The highest BCUT2D eigenvalue weighted by Gasteiger charge is 2.35. The van der Waals surface area contributed by atoms with Gasteiger partial charge in [-0.2, -0.15) is 0 Å². The summed E-state index contributed by atoms with van der Waals surface area (Å²) in [6.07, 6.45) is 0.132. The van der Waals surface area contributed by atoms with Gasteiger partial charge in [-0.1, -0.05) is 35.9 Å². The minimum Gasteiger partial charge on any atom is -0.493 e. The Kier molecular flexibility index (Phi) is 6.96. The van der Waals surface area contributed by atoms with Crippen LogP contribution in [0.1, 0.15) is 17.5 Å². The molecule has 0 aromatic heterocycles. The van der Waals surface area contributed by atoms with Crippen LogP contribution >= 0.6 is 0 Å². The third kappa shape index (κ3) is 5.28. The van der Waals surface area contributed by atoms with Gasteiger partial charge in [-0.15, -0.1) is 0 Å². The van der Waals surface area contributed by atoms with E-state index in [4.69, 9.17) is 9.47 Å². The molecule has 8 heteroatoms. The highest BCUT2D eigenvalue weighted by atomic mass is 19.1. The molecular formula is C26H26FN3O4. The van der Waals surface area contributed by atoms with E-state index < -0.39 is 5.92 Å². The summed E-state index contributed by atoms with van der Waals surface area (Å²) in [6, 6.07) is 18.9. The van der Waals surface area contributed by atoms with E-state index in [1.807, 2.05) is 31.2 Å². The minimum absolute atomic E-state index is 0.0892. The molecule has 0 aliphatic carbocycles. The van der Waals surface area contributed by atoms with Crippen LogP contribution in [0.4, 0.5) is 15.8 Å². The summed E-state index contributed by atoms with van der Waals surface area (Å²) in [6.45, 7) is 2.47. The van der Waals surface area contributed by atoms with Crippen LogP contribution in [0.25, 0.3) is 0 Å². The number of hydrogen-bond acceptors (Lipinski definition) is 5. The lowest BCUT2D eigenvalue weighted by Gasteiger charge is -2.19. The van der Waals surface area contributed by atoms with Crippen molar-refractivity contribution < 1.29 is 23.5 Å². The van der Waals surface area contributed by atoms with E-state index in [2.05, 4.69) is 10.9 Å². The zero-order valence-electron chi connectivity index (χ0n) is 19.0. The number of nitrogens with one attached hydrogen (secondary N) is 2. The molecule has 4 rings (SSSR count). The van der Waals surface area contributed by atoms with Gasteiger partial charge in [-0.25, -0.2) is 4.39 Å². The van der Waals surface area contributed by atoms with Crippen LogP contribution in [0.15, 0.2) is 66.7 Å². The average molecular weight is 464 g/mol. The van der Waals surface area contributed by atoms with Gasteiger partial charge in [-0.05, 0) is 48.9 Å². The maximum Gasteiger partial charge on any atom is 0.243 e. The van der Waals surface area contributed by atoms with Crippen molar-refractivity contribution in [2.75, 3.05) is 24.0 Å². The Morgan fingerprint density at radius 1 is 1.09 bits per heavy atom. The molecule has 1 atom stereocenters. The standard InChI is InChI=1S/C26H26FN3O4/c1-17-6-12-21(13-7-17)30-15-19(14-24(30)31)26(32)29-28-22-4-3-5-23(33-2)25(22)34-16-18-8-10-20(27)11-9-18/h3-13,19,28H,14-16H2,1-2H3,(H,29,32)/t19-/m1/s1. The Balaban J connectivity index is 1.40. The van der Waals surface area contributed by atoms with Crippen molar-refractivity contribution >= 4 is 23.2 Å². The number of hydrogen-bond donors (Lipinski definition) is 2. The molecule has 34 heavy (non-hydrogen) atoms. The number of rotatable bonds is 8. The van der Waals surface area contributed by atoms with Crippen LogP contribution in [0.2, 0.25) is 0 Å². The van der Waals surface area contributed by atoms with E-state index in [1.165, 1.54) is 19.2 Å². The highest BCUT2D eigenvalue weighted by molar-refractivity contribution is 6.00. The number of benzene rings is 3. The zero-order valence-corrected chi connectivity index (χ0v) is 19.0. The van der Waals surface area contributed by atoms with Gasteiger partial charge in [0.15, 0.2) is 11.5 Å². The van der Waals surface area contributed by atoms with Crippen LogP contribution in [-0.4, -0.2) is 25.5 Å². The number of para-hydroxylation sites is 1. The van der Waals surface area contributed by atoms with Gasteiger partial charge in [0.1, 0.15) is 12.4 Å². The fourth-order valence-electron chi connectivity index (χ4n) is 3.75. The first-order valence-corrected chi connectivity index (χ1v) is 10.9. The molecule has 1 aliphatic heterocycles. The van der Waals surface area contributed by atoms with Crippen molar-refractivity contribution in [1.29, 1.82) is 0 Å². The molecule has 2 amide bonds. The molecular weight excluding hydrogens is 437 g/mol. The lowest BCUT2D eigenvalue weighted by molar-refractivity contribution is -0.125. The Hall–Kier alpha value is -4.07. The summed E-state index contributed by atoms with van der Waals surface area (Å²) >= 11 is 0. The van der Waals surface area contributed by atoms with Crippen LogP contribution in [-0.2, 0) is 16.2 Å². The molecule has 1 heterocycles. The SMILES string of the molecule is COc1cccc(NNC(=O)[C@@H]2CC(=O)N(c3ccc(C)cc3)C2)c1OCc1ccc(F)cc1. The molecule has 1 saturated heterocycles. The fourth-order valence-corrected chi connectivity index (χ4v) is 3.75. The molecule has 0 radical (unpaired) electrons. The van der Waals surface area contributed by atoms with E-state index in [0.717, 1.165) is 16.8 Å². The Morgan fingerprint density at radius 2 is 1.82 bits per heavy atom. The van der Waals surface area contributed by atoms with E-state index >= 15 is 0 Å². The predicted octanol–water partition coefficient (Wildman–Crippen LogP) is 4.22. The molecule has 0 spiro atoms. The molecule has 3 aromatic rings. The van der Waals surface area contributed by atoms with Gasteiger partial charge in [0.25, 0.3) is 0 Å². The number of ether oxygens (including phenoxy) is 2. The third-order valence-corrected chi connectivity index (χ3v) is 5.66. The molecule has 3 aromatic carbocycles. The molecule has 1 aliphatic rings. The summed E-state index contributed by atoms with van der Waals surface area (Å²) in [4.78, 5) is 26.9. The summed E-state index contributed by atoms with van der Waals surface area (Å²) in [5.41, 5.74) is 8.74. The van der Waals surface area contributed by atoms with Gasteiger partial charge in [0.05, 0.1) is 18.7 Å². The molecule has 7 nitrogen and oxygen atoms in total. The van der Waals surface area contributed by atoms with Gasteiger partial charge in [0, 0.05) is 18.7 Å². The zero-order chi connectivity index (χ0) is 24.1. The Bertz CT molecular complexity index is 1170. The van der Waals surface area contributed by atoms with Crippen LogP contribution in [0.5, 0.6) is 11.5 Å². The van der Waals surface area contributed by atoms with Crippen molar-refractivity contribution in [2.24, 2.45) is 5.92 Å². The molecule has 1 fully saturated rings. The summed E-state index contributed by atoms with van der Waals surface area (Å²) in [5.74, 6) is -0.321. The van der Waals surface area contributed by atoms with E-state index in [9.17, 15) is 14.0 Å². The number of carbonyl (C=O) groups is 2. The van der Waals surface area contributed by atoms with E-state index in [1.54, 1.807) is 35.2 Å². The topological polar surface area (TPSA) is 79.9 Å². The number of carbonyl (C=O) groups excluding carboxylic acids is 2.